The van der Waals surface area contributed by atoms with E-state index in [4.69, 9.17) is 14.2 Å². The fraction of sp³-hybridized carbons (Fsp3) is 0.280. The Bertz CT molecular complexity index is 910. The van der Waals surface area contributed by atoms with Gasteiger partial charge in [0.1, 0.15) is 17.2 Å². The molecule has 0 aromatic heterocycles. The zero-order valence-electron chi connectivity index (χ0n) is 17.3. The Morgan fingerprint density at radius 3 is 1.71 bits per heavy atom. The second-order valence-electron chi connectivity index (χ2n) is 7.40. The number of hydrogen-bond donors (Lipinski definition) is 0. The summed E-state index contributed by atoms with van der Waals surface area (Å²) in [6.07, 6.45) is 0.805. The second kappa shape index (κ2) is 8.39. The summed E-state index contributed by atoms with van der Waals surface area (Å²) < 4.78 is 16.2. The highest BCUT2D eigenvalue weighted by Gasteiger charge is 2.24. The summed E-state index contributed by atoms with van der Waals surface area (Å²) in [7, 11) is 5.10. The van der Waals surface area contributed by atoms with Gasteiger partial charge in [-0.05, 0) is 52.6 Å². The van der Waals surface area contributed by atoms with Crippen molar-refractivity contribution < 1.29 is 14.2 Å². The van der Waals surface area contributed by atoms with Crippen molar-refractivity contribution in [2.45, 2.75) is 25.7 Å². The monoisotopic (exact) mass is 376 g/mol. The van der Waals surface area contributed by atoms with Crippen LogP contribution in [0.4, 0.5) is 0 Å². The lowest BCUT2D eigenvalue weighted by atomic mass is 9.77. The van der Waals surface area contributed by atoms with Crippen molar-refractivity contribution in [2.75, 3.05) is 21.3 Å². The fourth-order valence-electron chi connectivity index (χ4n) is 3.44. The van der Waals surface area contributed by atoms with Crippen molar-refractivity contribution in [3.8, 4) is 17.2 Å². The summed E-state index contributed by atoms with van der Waals surface area (Å²) in [5, 5.41) is 0. The molecule has 0 aliphatic rings. The Kier molecular flexibility index (Phi) is 5.93. The summed E-state index contributed by atoms with van der Waals surface area (Å²) in [6, 6.07) is 22.9. The fourth-order valence-corrected chi connectivity index (χ4v) is 3.44. The van der Waals surface area contributed by atoms with Gasteiger partial charge >= 0.3 is 0 Å². The van der Waals surface area contributed by atoms with Crippen LogP contribution in [0.5, 0.6) is 17.2 Å². The highest BCUT2D eigenvalue weighted by Crippen LogP contribution is 2.35. The number of benzene rings is 3. The van der Waals surface area contributed by atoms with Crippen LogP contribution in [-0.2, 0) is 11.8 Å². The molecule has 0 amide bonds. The van der Waals surface area contributed by atoms with Gasteiger partial charge in [0.05, 0.1) is 21.3 Å². The molecule has 0 saturated heterocycles. The summed E-state index contributed by atoms with van der Waals surface area (Å²) in [4.78, 5) is 0. The molecule has 3 aromatic rings. The zero-order valence-corrected chi connectivity index (χ0v) is 17.3. The molecular weight excluding hydrogens is 348 g/mol. The second-order valence-corrected chi connectivity index (χ2v) is 7.40. The molecule has 3 heteroatoms. The molecule has 3 rings (SSSR count). The van der Waals surface area contributed by atoms with E-state index in [1.54, 1.807) is 21.3 Å². The molecule has 3 aromatic carbocycles. The number of ether oxygens (including phenoxy) is 3. The van der Waals surface area contributed by atoms with E-state index >= 15 is 0 Å². The van der Waals surface area contributed by atoms with Gasteiger partial charge in [-0.15, -0.1) is 0 Å². The first-order valence-electron chi connectivity index (χ1n) is 9.42. The van der Waals surface area contributed by atoms with Crippen molar-refractivity contribution in [2.24, 2.45) is 0 Å². The molecule has 3 nitrogen and oxygen atoms in total. The largest absolute Gasteiger partial charge is 0.497 e. The van der Waals surface area contributed by atoms with Gasteiger partial charge in [-0.1, -0.05) is 50.2 Å². The van der Waals surface area contributed by atoms with E-state index in [2.05, 4.69) is 56.3 Å². The standard InChI is InChI=1S/C25H28O3/c1-25(2,20-8-13-23(27-4)14-9-20)21-10-15-24(28-5)19(17-21)16-18-6-11-22(26-3)12-7-18/h6-15,17H,16H2,1-5H3. The minimum absolute atomic E-state index is 0.132. The van der Waals surface area contributed by atoms with Crippen LogP contribution < -0.4 is 14.2 Å². The van der Waals surface area contributed by atoms with Crippen molar-refractivity contribution in [3.63, 3.8) is 0 Å². The first-order chi connectivity index (χ1) is 13.5. The van der Waals surface area contributed by atoms with Crippen LogP contribution in [0.2, 0.25) is 0 Å². The third-order valence-electron chi connectivity index (χ3n) is 5.37. The van der Waals surface area contributed by atoms with Gasteiger partial charge in [0.25, 0.3) is 0 Å². The average molecular weight is 376 g/mol. The quantitative estimate of drug-likeness (QED) is 0.535. The van der Waals surface area contributed by atoms with Crippen LogP contribution in [0, 0.1) is 0 Å². The lowest BCUT2D eigenvalue weighted by Gasteiger charge is -2.27. The molecule has 0 spiro atoms. The van der Waals surface area contributed by atoms with Crippen molar-refractivity contribution in [1.82, 2.24) is 0 Å². The summed E-state index contributed by atoms with van der Waals surface area (Å²) in [5.41, 5.74) is 4.76. The van der Waals surface area contributed by atoms with Gasteiger partial charge in [-0.2, -0.15) is 0 Å². The highest BCUT2D eigenvalue weighted by atomic mass is 16.5. The minimum atomic E-state index is -0.132. The molecule has 0 saturated carbocycles. The minimum Gasteiger partial charge on any atom is -0.497 e. The molecule has 0 atom stereocenters. The number of hydrogen-bond acceptors (Lipinski definition) is 3. The average Bonchev–Trinajstić information content (AvgIpc) is 2.74. The summed E-state index contributed by atoms with van der Waals surface area (Å²) in [6.45, 7) is 4.49. The zero-order chi connectivity index (χ0) is 20.1. The highest BCUT2D eigenvalue weighted by molar-refractivity contribution is 5.47. The first kappa shape index (κ1) is 19.8. The van der Waals surface area contributed by atoms with Crippen molar-refractivity contribution in [1.29, 1.82) is 0 Å². The Labute approximate surface area is 167 Å². The van der Waals surface area contributed by atoms with E-state index in [0.29, 0.717) is 0 Å². The van der Waals surface area contributed by atoms with Crippen molar-refractivity contribution in [3.05, 3.63) is 89.0 Å². The SMILES string of the molecule is COc1ccc(Cc2cc(C(C)(C)c3ccc(OC)cc3)ccc2OC)cc1. The van der Waals surface area contributed by atoms with Crippen LogP contribution in [0.15, 0.2) is 66.7 Å². The molecule has 146 valence electrons. The van der Waals surface area contributed by atoms with Gasteiger partial charge < -0.3 is 14.2 Å². The van der Waals surface area contributed by atoms with Gasteiger partial charge in [0.2, 0.25) is 0 Å². The van der Waals surface area contributed by atoms with Gasteiger partial charge in [0, 0.05) is 11.8 Å². The lowest BCUT2D eigenvalue weighted by Crippen LogP contribution is -2.19. The smallest absolute Gasteiger partial charge is 0.122 e. The molecule has 0 aliphatic carbocycles. The Hall–Kier alpha value is -2.94. The molecular formula is C25H28O3. The van der Waals surface area contributed by atoms with E-state index in [9.17, 15) is 0 Å². The van der Waals surface area contributed by atoms with E-state index < -0.39 is 0 Å². The molecule has 28 heavy (non-hydrogen) atoms. The normalized spacial score (nSPS) is 11.2. The molecule has 0 radical (unpaired) electrons. The number of methoxy groups -OCH3 is 3. The van der Waals surface area contributed by atoms with Crippen LogP contribution in [0.1, 0.15) is 36.1 Å². The Balaban J connectivity index is 1.94. The van der Waals surface area contributed by atoms with E-state index in [1.807, 2.05) is 24.3 Å². The molecule has 0 aliphatic heterocycles. The summed E-state index contributed by atoms with van der Waals surface area (Å²) >= 11 is 0. The molecule has 0 bridgehead atoms. The van der Waals surface area contributed by atoms with Crippen LogP contribution in [-0.4, -0.2) is 21.3 Å². The predicted molar refractivity (Wildman–Crippen MR) is 114 cm³/mol. The molecule has 0 N–H and O–H groups in total. The van der Waals surface area contributed by atoms with Crippen LogP contribution >= 0.6 is 0 Å². The van der Waals surface area contributed by atoms with Crippen molar-refractivity contribution >= 4 is 0 Å². The lowest BCUT2D eigenvalue weighted by molar-refractivity contribution is 0.410. The molecule has 0 unspecified atom stereocenters. The predicted octanol–water partition coefficient (Wildman–Crippen LogP) is 5.63. The Morgan fingerprint density at radius 1 is 0.643 bits per heavy atom. The topological polar surface area (TPSA) is 27.7 Å². The third-order valence-corrected chi connectivity index (χ3v) is 5.37. The van der Waals surface area contributed by atoms with Crippen LogP contribution in [0.3, 0.4) is 0 Å². The van der Waals surface area contributed by atoms with Gasteiger partial charge in [0.15, 0.2) is 0 Å². The maximum absolute atomic E-state index is 5.62. The summed E-state index contributed by atoms with van der Waals surface area (Å²) in [5.74, 6) is 2.64. The molecule has 0 fully saturated rings. The first-order valence-corrected chi connectivity index (χ1v) is 9.42. The van der Waals surface area contributed by atoms with E-state index in [-0.39, 0.29) is 5.41 Å². The third kappa shape index (κ3) is 4.14. The Morgan fingerprint density at radius 2 is 1.18 bits per heavy atom. The van der Waals surface area contributed by atoms with E-state index in [0.717, 1.165) is 23.7 Å². The number of rotatable bonds is 7. The maximum Gasteiger partial charge on any atom is 0.122 e. The maximum atomic E-state index is 5.62. The van der Waals surface area contributed by atoms with Crippen LogP contribution in [0.25, 0.3) is 0 Å². The molecule has 0 heterocycles. The van der Waals surface area contributed by atoms with Gasteiger partial charge in [-0.25, -0.2) is 0 Å². The van der Waals surface area contributed by atoms with E-state index in [1.165, 1.54) is 22.3 Å². The van der Waals surface area contributed by atoms with Gasteiger partial charge in [-0.3, -0.25) is 0 Å².